The van der Waals surface area contributed by atoms with Gasteiger partial charge in [-0.05, 0) is 81.5 Å². The van der Waals surface area contributed by atoms with Crippen LogP contribution in [0.2, 0.25) is 0 Å². The highest BCUT2D eigenvalue weighted by Gasteiger charge is 2.49. The zero-order valence-electron chi connectivity index (χ0n) is 50.3. The molecule has 4 aromatic rings. The maximum Gasteiger partial charge on any atom is 0.414 e. The van der Waals surface area contributed by atoms with Crippen LogP contribution in [0.1, 0.15) is 86.1 Å². The molecule has 5 fully saturated rings. The normalized spacial score (nSPS) is 25.8. The lowest BCUT2D eigenvalue weighted by atomic mass is 9.90. The predicted molar refractivity (Wildman–Crippen MR) is 324 cm³/mol. The standard InChI is InChI=1S/C63H75FN10O14S/c1-6-63(4)61(84)72-24-11-14-46(72)58(81)70(5)48(30-39-18-16-37(2)17-19-39)59(82)74-34-41(36-89-29-22-51(77)66-33-43-35-73(62(85)88-43)42-20-21-45(44(64)31-42)71-25-27-86-28-26-71)50(76)32-47(74)55(78)68-53(40-12-8-7-9-13-40)60(83)87-38(3)52(57(80)69-63)67-56(79)54-49(75)15-10-23-65-54/h7-10,12-13,15-21,23,31,38,41,43,46-48,52-53,75H,6,11,14,22,24-30,32-36H2,1-5H3,(H,66,77)(H,67,79)(H,68,78)(H,69,80)/t38-,41?,43+,46+,47+,48+,52+,53+,63?/m1/s1. The van der Waals surface area contributed by atoms with Crippen LogP contribution in [0.25, 0.3) is 0 Å². The van der Waals surface area contributed by atoms with Gasteiger partial charge in [-0.1, -0.05) is 67.1 Å². The molecule has 89 heavy (non-hydrogen) atoms. The number of likely N-dealkylation sites (N-methyl/N-ethyl adjacent to an activating group) is 1. The van der Waals surface area contributed by atoms with E-state index in [0.29, 0.717) is 49.7 Å². The zero-order chi connectivity index (χ0) is 63.7. The van der Waals surface area contributed by atoms with Crippen molar-refractivity contribution < 1.29 is 71.7 Å². The zero-order valence-corrected chi connectivity index (χ0v) is 51.1. The molecule has 0 radical (unpaired) electrons. The van der Waals surface area contributed by atoms with Gasteiger partial charge in [0.2, 0.25) is 35.4 Å². The molecule has 1 aromatic heterocycles. The van der Waals surface area contributed by atoms with Crippen molar-refractivity contribution in [2.75, 3.05) is 80.8 Å². The third-order valence-electron chi connectivity index (χ3n) is 17.0. The summed E-state index contributed by atoms with van der Waals surface area (Å²) in [6.07, 6.45) is -1.78. The van der Waals surface area contributed by atoms with Gasteiger partial charge in [0.25, 0.3) is 5.91 Å². The molecule has 5 saturated heterocycles. The van der Waals surface area contributed by atoms with E-state index in [1.165, 1.54) is 88.8 Å². The van der Waals surface area contributed by atoms with Gasteiger partial charge in [0, 0.05) is 76.1 Å². The number of hydrogen-bond acceptors (Lipinski definition) is 17. The number of aromatic nitrogens is 1. The first-order valence-corrected chi connectivity index (χ1v) is 31.0. The van der Waals surface area contributed by atoms with Crippen LogP contribution >= 0.6 is 11.8 Å². The van der Waals surface area contributed by atoms with Crippen molar-refractivity contribution in [3.05, 3.63) is 119 Å². The smallest absolute Gasteiger partial charge is 0.414 e. The molecule has 0 saturated carbocycles. The number of fused-ring (bicyclic) bond motifs is 2. The number of anilines is 2. The summed E-state index contributed by atoms with van der Waals surface area (Å²) < 4.78 is 32.1. The SMILES string of the molecule is CCC1(C)NC(=O)[C@@H](NC(=O)c2ncccc2O)[C@@H](C)OC(=O)[C@H](c2ccccc2)NC(=O)[C@@H]2CC(=O)C(CSCCC(=O)NC[C@H]3CN(c4ccc(N5CCOCC5)c(F)c4)C(=O)O3)CN2C(=O)[C@H](Cc2ccc(C)cc2)N(C)C(=O)[C@@H]2CCCN2C1=O. The van der Waals surface area contributed by atoms with Gasteiger partial charge in [-0.3, -0.25) is 43.3 Å². The van der Waals surface area contributed by atoms with Gasteiger partial charge in [-0.2, -0.15) is 11.8 Å². The number of esters is 1. The number of aryl methyl sites for hydroxylation is 1. The molecule has 9 atom stereocenters. The summed E-state index contributed by atoms with van der Waals surface area (Å²) in [5.74, 6) is -8.37. The molecule has 5 N–H and O–H groups in total. The van der Waals surface area contributed by atoms with Gasteiger partial charge in [0.05, 0.1) is 37.7 Å². The minimum atomic E-state index is -1.77. The summed E-state index contributed by atoms with van der Waals surface area (Å²) in [6, 6.07) is 14.9. The molecule has 0 bridgehead atoms. The van der Waals surface area contributed by atoms with E-state index < -0.39 is 131 Å². The van der Waals surface area contributed by atoms with Gasteiger partial charge >= 0.3 is 12.1 Å². The highest BCUT2D eigenvalue weighted by atomic mass is 32.2. The molecular formula is C63H75FN10O14S. The Bertz CT molecular complexity index is 3320. The van der Waals surface area contributed by atoms with E-state index in [2.05, 4.69) is 26.3 Å². The number of ketones is 1. The number of benzene rings is 3. The number of nitrogens with one attached hydrogen (secondary N) is 4. The fourth-order valence-corrected chi connectivity index (χ4v) is 12.7. The van der Waals surface area contributed by atoms with Crippen LogP contribution in [0.15, 0.2) is 91.1 Å². The Kier molecular flexibility index (Phi) is 20.9. The predicted octanol–water partition coefficient (Wildman–Crippen LogP) is 3.37. The molecule has 26 heteroatoms. The number of piperidine rings is 1. The Labute approximate surface area is 518 Å². The Hall–Kier alpha value is -8.65. The summed E-state index contributed by atoms with van der Waals surface area (Å²) in [5.41, 5.74) is 0.290. The lowest BCUT2D eigenvalue weighted by Gasteiger charge is -2.42. The maximum atomic E-state index is 15.8. The van der Waals surface area contributed by atoms with Gasteiger partial charge in [-0.25, -0.2) is 19.0 Å². The van der Waals surface area contributed by atoms with Crippen LogP contribution in [-0.2, 0) is 59.0 Å². The van der Waals surface area contributed by atoms with E-state index in [1.807, 2.05) is 36.1 Å². The van der Waals surface area contributed by atoms with Crippen LogP contribution in [0.5, 0.6) is 5.75 Å². The molecule has 0 spiro atoms. The number of pyridine rings is 1. The molecule has 3 aromatic carbocycles. The number of Topliss-reactive ketones (excluding diaryl/α,β-unsaturated/α-hetero) is 1. The third kappa shape index (κ3) is 15.1. The number of rotatable bonds is 15. The van der Waals surface area contributed by atoms with Gasteiger partial charge < -0.3 is 60.2 Å². The number of halogens is 1. The van der Waals surface area contributed by atoms with Gasteiger partial charge in [0.15, 0.2) is 11.7 Å². The summed E-state index contributed by atoms with van der Waals surface area (Å²) >= 11 is 1.26. The van der Waals surface area contributed by atoms with E-state index in [4.69, 9.17) is 14.2 Å². The van der Waals surface area contributed by atoms with Gasteiger partial charge in [-0.15, -0.1) is 0 Å². The molecule has 5 aliphatic rings. The van der Waals surface area contributed by atoms with Crippen LogP contribution in [0, 0.1) is 18.7 Å². The van der Waals surface area contributed by atoms with Crippen LogP contribution < -0.4 is 31.1 Å². The first-order chi connectivity index (χ1) is 42.6. The average Bonchev–Trinajstić information content (AvgIpc) is 2.18. The quantitative estimate of drug-likeness (QED) is 0.0842. The fraction of sp³-hybridized carbons (Fsp3) is 0.476. The summed E-state index contributed by atoms with van der Waals surface area (Å²) in [6.45, 7) is 8.16. The van der Waals surface area contributed by atoms with Crippen molar-refractivity contribution in [3.63, 3.8) is 0 Å². The monoisotopic (exact) mass is 1250 g/mol. The van der Waals surface area contributed by atoms with Crippen molar-refractivity contribution in [1.29, 1.82) is 0 Å². The number of cyclic esters (lactones) is 2. The topological polar surface area (TPSA) is 296 Å². The highest BCUT2D eigenvalue weighted by molar-refractivity contribution is 7.99. The number of carbonyl (C=O) groups excluding carboxylic acids is 10. The second kappa shape index (κ2) is 28.7. The number of carbonyl (C=O) groups is 10. The van der Waals surface area contributed by atoms with Crippen LogP contribution in [0.3, 0.4) is 0 Å². The van der Waals surface area contributed by atoms with Crippen molar-refractivity contribution in [2.45, 2.75) is 114 Å². The lowest BCUT2D eigenvalue weighted by molar-refractivity contribution is -0.157. The van der Waals surface area contributed by atoms with E-state index in [-0.39, 0.29) is 74.8 Å². The van der Waals surface area contributed by atoms with Crippen LogP contribution in [-0.4, -0.2) is 197 Å². The lowest BCUT2D eigenvalue weighted by Crippen LogP contribution is -2.65. The number of nitrogens with zero attached hydrogens (tertiary/aromatic N) is 6. The summed E-state index contributed by atoms with van der Waals surface area (Å²) in [5, 5.41) is 21.3. The molecule has 9 rings (SSSR count). The highest BCUT2D eigenvalue weighted by Crippen LogP contribution is 2.32. The van der Waals surface area contributed by atoms with Crippen LogP contribution in [0.4, 0.5) is 20.6 Å². The molecule has 8 amide bonds. The number of morpholine rings is 1. The average molecular weight is 1250 g/mol. The molecule has 5 aliphatic heterocycles. The molecule has 24 nitrogen and oxygen atoms in total. The maximum absolute atomic E-state index is 15.8. The van der Waals surface area contributed by atoms with Crippen molar-refractivity contribution >= 4 is 82.3 Å². The minimum absolute atomic E-state index is 0.0117. The first-order valence-electron chi connectivity index (χ1n) is 29.9. The molecule has 6 heterocycles. The molecule has 2 unspecified atom stereocenters. The first kappa shape index (κ1) is 64.8. The number of ether oxygens (including phenoxy) is 3. The Morgan fingerprint density at radius 1 is 0.876 bits per heavy atom. The van der Waals surface area contributed by atoms with Crippen molar-refractivity contribution in [2.24, 2.45) is 5.92 Å². The fourth-order valence-electron chi connectivity index (χ4n) is 11.6. The second-order valence-electron chi connectivity index (χ2n) is 23.2. The second-order valence-corrected chi connectivity index (χ2v) is 24.3. The number of hydrogen-bond donors (Lipinski definition) is 5. The van der Waals surface area contributed by atoms with Crippen molar-refractivity contribution in [1.82, 2.24) is 41.0 Å². The summed E-state index contributed by atoms with van der Waals surface area (Å²) in [7, 11) is 1.44. The molecular weight excluding hydrogens is 1170 g/mol. The number of amides is 8. The Morgan fingerprint density at radius 3 is 2.33 bits per heavy atom. The Balaban J connectivity index is 0.962. The third-order valence-corrected chi connectivity index (χ3v) is 18.2. The molecule has 474 valence electrons. The largest absolute Gasteiger partial charge is 0.505 e. The minimum Gasteiger partial charge on any atom is -0.505 e. The van der Waals surface area contributed by atoms with E-state index >= 15 is 18.8 Å². The summed E-state index contributed by atoms with van der Waals surface area (Å²) in [4.78, 5) is 156. The number of thioether (sulfide) groups is 1. The van der Waals surface area contributed by atoms with Crippen molar-refractivity contribution in [3.8, 4) is 5.75 Å². The Morgan fingerprint density at radius 2 is 1.62 bits per heavy atom. The van der Waals surface area contributed by atoms with E-state index in [1.54, 1.807) is 37.3 Å². The number of aromatic hydroxyl groups is 1. The molecule has 0 aliphatic carbocycles. The van der Waals surface area contributed by atoms with E-state index in [9.17, 15) is 38.7 Å². The van der Waals surface area contributed by atoms with E-state index in [0.717, 1.165) is 5.56 Å². The van der Waals surface area contributed by atoms with Gasteiger partial charge in [0.1, 0.15) is 59.3 Å².